The van der Waals surface area contributed by atoms with Gasteiger partial charge in [-0.1, -0.05) is 19.9 Å². The molecule has 0 fully saturated rings. The van der Waals surface area contributed by atoms with Gasteiger partial charge in [0.05, 0.1) is 6.26 Å². The van der Waals surface area contributed by atoms with E-state index in [4.69, 9.17) is 14.3 Å². The molecule has 2 aromatic rings. The first-order valence-electron chi connectivity index (χ1n) is 6.80. The smallest absolute Gasteiger partial charge is 0.341 e. The molecule has 2 rings (SSSR count). The van der Waals surface area contributed by atoms with Crippen LogP contribution >= 0.6 is 0 Å². The molecule has 6 heteroatoms. The minimum atomic E-state index is -1.06. The Bertz CT molecular complexity index is 675. The average molecular weight is 303 g/mol. The lowest BCUT2D eigenvalue weighted by molar-refractivity contribution is -0.139. The second kappa shape index (κ2) is 6.80. The summed E-state index contributed by atoms with van der Waals surface area (Å²) < 4.78 is 10.3. The number of carboxylic acids is 1. The number of benzene rings is 1. The van der Waals surface area contributed by atoms with E-state index in [0.717, 1.165) is 5.56 Å². The highest BCUT2D eigenvalue weighted by Gasteiger charge is 2.17. The summed E-state index contributed by atoms with van der Waals surface area (Å²) >= 11 is 0. The lowest BCUT2D eigenvalue weighted by atomic mass is 10.0. The van der Waals surface area contributed by atoms with Crippen LogP contribution in [0.3, 0.4) is 0 Å². The van der Waals surface area contributed by atoms with Gasteiger partial charge in [0.15, 0.2) is 12.4 Å². The van der Waals surface area contributed by atoms with Gasteiger partial charge in [0.25, 0.3) is 5.91 Å². The average Bonchev–Trinajstić information content (AvgIpc) is 2.95. The Morgan fingerprint density at radius 3 is 2.77 bits per heavy atom. The van der Waals surface area contributed by atoms with Gasteiger partial charge in [-0.25, -0.2) is 4.79 Å². The summed E-state index contributed by atoms with van der Waals surface area (Å²) in [7, 11) is 0. The zero-order valence-corrected chi connectivity index (χ0v) is 12.3. The van der Waals surface area contributed by atoms with Gasteiger partial charge in [-0.15, -0.1) is 0 Å². The monoisotopic (exact) mass is 303 g/mol. The topological polar surface area (TPSA) is 88.8 Å². The van der Waals surface area contributed by atoms with Crippen molar-refractivity contribution in [2.75, 3.05) is 11.9 Å². The van der Waals surface area contributed by atoms with Gasteiger partial charge in [-0.2, -0.15) is 0 Å². The molecule has 0 bridgehead atoms. The fourth-order valence-corrected chi connectivity index (χ4v) is 1.95. The van der Waals surface area contributed by atoms with Crippen LogP contribution in [-0.4, -0.2) is 23.6 Å². The molecule has 22 heavy (non-hydrogen) atoms. The van der Waals surface area contributed by atoms with Gasteiger partial charge in [0, 0.05) is 17.3 Å². The Labute approximate surface area is 127 Å². The molecule has 0 saturated carbocycles. The number of hydrogen-bond acceptors (Lipinski definition) is 4. The fraction of sp³-hybridized carbons (Fsp3) is 0.250. The summed E-state index contributed by atoms with van der Waals surface area (Å²) in [5.74, 6) is -0.615. The Balaban J connectivity index is 2.10. The first-order chi connectivity index (χ1) is 10.5. The van der Waals surface area contributed by atoms with E-state index in [1.165, 1.54) is 6.26 Å². The van der Waals surface area contributed by atoms with Crippen LogP contribution in [-0.2, 0) is 4.79 Å². The van der Waals surface area contributed by atoms with Gasteiger partial charge in [0.1, 0.15) is 5.75 Å². The molecular weight excluding hydrogens is 286 g/mol. The number of carboxylic acid groups (broad SMARTS) is 1. The highest BCUT2D eigenvalue weighted by atomic mass is 16.5. The van der Waals surface area contributed by atoms with E-state index in [1.807, 2.05) is 13.8 Å². The van der Waals surface area contributed by atoms with Crippen LogP contribution in [0.1, 0.15) is 35.9 Å². The maximum absolute atomic E-state index is 12.2. The molecule has 0 aliphatic heterocycles. The molecule has 0 saturated heterocycles. The highest BCUT2D eigenvalue weighted by Crippen LogP contribution is 2.23. The van der Waals surface area contributed by atoms with Crippen LogP contribution in [0.2, 0.25) is 0 Å². The molecule has 0 radical (unpaired) electrons. The molecule has 0 unspecified atom stereocenters. The van der Waals surface area contributed by atoms with Crippen molar-refractivity contribution >= 4 is 17.6 Å². The predicted molar refractivity (Wildman–Crippen MR) is 80.3 cm³/mol. The van der Waals surface area contributed by atoms with Crippen LogP contribution in [0.5, 0.6) is 5.75 Å². The third-order valence-corrected chi connectivity index (χ3v) is 2.98. The second-order valence-corrected chi connectivity index (χ2v) is 5.02. The molecule has 1 heterocycles. The van der Waals surface area contributed by atoms with Crippen LogP contribution < -0.4 is 10.1 Å². The third-order valence-electron chi connectivity index (χ3n) is 2.98. The minimum absolute atomic E-state index is 0.171. The highest BCUT2D eigenvalue weighted by molar-refractivity contribution is 6.03. The van der Waals surface area contributed by atoms with Crippen molar-refractivity contribution < 1.29 is 23.8 Å². The molecule has 0 atom stereocenters. The number of amides is 1. The standard InChI is InChI=1S/C16H17NO5/c1-10(2)13-6-7-21-15(13)16(20)17-11-4-3-5-12(8-11)22-9-14(18)19/h3-8,10H,9H2,1-2H3,(H,17,20)(H,18,19). The summed E-state index contributed by atoms with van der Waals surface area (Å²) in [6.07, 6.45) is 1.48. The molecule has 0 aliphatic carbocycles. The lowest BCUT2D eigenvalue weighted by Gasteiger charge is -2.09. The summed E-state index contributed by atoms with van der Waals surface area (Å²) in [4.78, 5) is 22.7. The zero-order valence-electron chi connectivity index (χ0n) is 12.3. The van der Waals surface area contributed by atoms with E-state index in [9.17, 15) is 9.59 Å². The first-order valence-corrected chi connectivity index (χ1v) is 6.80. The number of anilines is 1. The van der Waals surface area contributed by atoms with E-state index >= 15 is 0 Å². The van der Waals surface area contributed by atoms with E-state index in [-0.39, 0.29) is 17.6 Å². The van der Waals surface area contributed by atoms with Crippen molar-refractivity contribution in [2.24, 2.45) is 0 Å². The molecule has 0 spiro atoms. The Kier molecular flexibility index (Phi) is 4.83. The maximum atomic E-state index is 12.2. The Hall–Kier alpha value is -2.76. The van der Waals surface area contributed by atoms with Gasteiger partial charge in [-0.05, 0) is 24.1 Å². The van der Waals surface area contributed by atoms with E-state index in [2.05, 4.69) is 5.32 Å². The number of carbonyl (C=O) groups is 2. The number of hydrogen-bond donors (Lipinski definition) is 2. The normalized spacial score (nSPS) is 10.5. The zero-order chi connectivity index (χ0) is 16.1. The lowest BCUT2D eigenvalue weighted by Crippen LogP contribution is -2.14. The van der Waals surface area contributed by atoms with Crippen molar-refractivity contribution in [3.63, 3.8) is 0 Å². The SMILES string of the molecule is CC(C)c1ccoc1C(=O)Nc1cccc(OCC(=O)O)c1. The first kappa shape index (κ1) is 15.6. The van der Waals surface area contributed by atoms with Crippen LogP contribution in [0.15, 0.2) is 41.0 Å². The molecule has 0 aliphatic rings. The summed E-state index contributed by atoms with van der Waals surface area (Å²) in [6, 6.07) is 8.29. The third kappa shape index (κ3) is 3.88. The number of aliphatic carboxylic acids is 1. The quantitative estimate of drug-likeness (QED) is 0.856. The maximum Gasteiger partial charge on any atom is 0.341 e. The summed E-state index contributed by atoms with van der Waals surface area (Å²) in [5.41, 5.74) is 1.33. The molecule has 1 aromatic carbocycles. The number of nitrogens with one attached hydrogen (secondary N) is 1. The van der Waals surface area contributed by atoms with E-state index < -0.39 is 12.6 Å². The molecule has 2 N–H and O–H groups in total. The largest absolute Gasteiger partial charge is 0.482 e. The van der Waals surface area contributed by atoms with Crippen LogP contribution in [0.4, 0.5) is 5.69 Å². The summed E-state index contributed by atoms with van der Waals surface area (Å²) in [6.45, 7) is 3.51. The molecule has 1 aromatic heterocycles. The molecule has 6 nitrogen and oxygen atoms in total. The van der Waals surface area contributed by atoms with Crippen molar-refractivity contribution in [1.82, 2.24) is 0 Å². The fourth-order valence-electron chi connectivity index (χ4n) is 1.95. The number of furan rings is 1. The predicted octanol–water partition coefficient (Wildman–Crippen LogP) is 3.12. The van der Waals surface area contributed by atoms with Crippen LogP contribution in [0.25, 0.3) is 0 Å². The van der Waals surface area contributed by atoms with Crippen molar-refractivity contribution in [3.05, 3.63) is 47.9 Å². The van der Waals surface area contributed by atoms with Gasteiger partial charge in [-0.3, -0.25) is 4.79 Å². The van der Waals surface area contributed by atoms with Crippen LogP contribution in [0, 0.1) is 0 Å². The second-order valence-electron chi connectivity index (χ2n) is 5.02. The number of carbonyl (C=O) groups excluding carboxylic acids is 1. The molecule has 116 valence electrons. The van der Waals surface area contributed by atoms with Crippen molar-refractivity contribution in [1.29, 1.82) is 0 Å². The van der Waals surface area contributed by atoms with Crippen molar-refractivity contribution in [3.8, 4) is 5.75 Å². The van der Waals surface area contributed by atoms with E-state index in [1.54, 1.807) is 30.3 Å². The Morgan fingerprint density at radius 2 is 2.09 bits per heavy atom. The molecule has 1 amide bonds. The minimum Gasteiger partial charge on any atom is -0.482 e. The Morgan fingerprint density at radius 1 is 1.32 bits per heavy atom. The van der Waals surface area contributed by atoms with Gasteiger partial charge < -0.3 is 19.6 Å². The van der Waals surface area contributed by atoms with E-state index in [0.29, 0.717) is 11.4 Å². The molecular formula is C16H17NO5. The van der Waals surface area contributed by atoms with Gasteiger partial charge in [0.2, 0.25) is 0 Å². The van der Waals surface area contributed by atoms with Crippen molar-refractivity contribution in [2.45, 2.75) is 19.8 Å². The summed E-state index contributed by atoms with van der Waals surface area (Å²) in [5, 5.41) is 11.3. The number of ether oxygens (including phenoxy) is 1. The van der Waals surface area contributed by atoms with Gasteiger partial charge >= 0.3 is 5.97 Å². The number of rotatable bonds is 6.